The van der Waals surface area contributed by atoms with Gasteiger partial charge in [-0.25, -0.2) is 15.0 Å². The van der Waals surface area contributed by atoms with Crippen LogP contribution in [0.5, 0.6) is 0 Å². The number of nitrogens with two attached hydrogens (primary N) is 1. The fraction of sp³-hybridized carbons (Fsp3) is 0.348. The summed E-state index contributed by atoms with van der Waals surface area (Å²) in [6.45, 7) is 3.20. The first-order chi connectivity index (χ1) is 15.9. The average molecular weight is 450 g/mol. The van der Waals surface area contributed by atoms with Crippen molar-refractivity contribution in [3.05, 3.63) is 70.4 Å². The van der Waals surface area contributed by atoms with Crippen LogP contribution in [-0.4, -0.2) is 45.1 Å². The second-order valence-electron chi connectivity index (χ2n) is 7.94. The third-order valence-electron chi connectivity index (χ3n) is 5.52. The molecule has 1 aliphatic rings. The summed E-state index contributed by atoms with van der Waals surface area (Å²) in [5.74, 6) is 0.359. The number of aromatic nitrogens is 4. The van der Waals surface area contributed by atoms with Gasteiger partial charge in [0.05, 0.1) is 17.9 Å². The van der Waals surface area contributed by atoms with E-state index in [1.54, 1.807) is 19.3 Å². The molecule has 10 heteroatoms. The zero-order chi connectivity index (χ0) is 23.4. The van der Waals surface area contributed by atoms with E-state index >= 15 is 0 Å². The van der Waals surface area contributed by atoms with Gasteiger partial charge < -0.3 is 20.7 Å². The van der Waals surface area contributed by atoms with Crippen molar-refractivity contribution in [3.8, 4) is 11.4 Å². The summed E-state index contributed by atoms with van der Waals surface area (Å²) in [7, 11) is 1.71. The third-order valence-corrected chi connectivity index (χ3v) is 5.52. The van der Waals surface area contributed by atoms with Crippen LogP contribution in [0.4, 0.5) is 5.95 Å². The molecule has 0 radical (unpaired) electrons. The van der Waals surface area contributed by atoms with Crippen molar-refractivity contribution in [2.75, 3.05) is 24.6 Å². The summed E-state index contributed by atoms with van der Waals surface area (Å²) in [5, 5.41) is 2.70. The molecule has 1 amide bonds. The van der Waals surface area contributed by atoms with E-state index in [0.29, 0.717) is 37.0 Å². The molecule has 33 heavy (non-hydrogen) atoms. The molecule has 0 saturated carbocycles. The topological polar surface area (TPSA) is 128 Å². The zero-order valence-corrected chi connectivity index (χ0v) is 18.6. The average Bonchev–Trinajstić information content (AvgIpc) is 3.07. The van der Waals surface area contributed by atoms with Crippen LogP contribution >= 0.6 is 0 Å². The quantitative estimate of drug-likeness (QED) is 0.558. The second kappa shape index (κ2) is 9.88. The number of anilines is 1. The predicted molar refractivity (Wildman–Crippen MR) is 123 cm³/mol. The van der Waals surface area contributed by atoms with Crippen molar-refractivity contribution in [1.82, 2.24) is 24.8 Å². The van der Waals surface area contributed by atoms with Gasteiger partial charge in [0, 0.05) is 39.4 Å². The van der Waals surface area contributed by atoms with Crippen molar-refractivity contribution in [3.63, 3.8) is 0 Å². The Morgan fingerprint density at radius 1 is 1.27 bits per heavy atom. The van der Waals surface area contributed by atoms with E-state index in [1.807, 2.05) is 24.3 Å². The highest BCUT2D eigenvalue weighted by molar-refractivity contribution is 5.73. The highest BCUT2D eigenvalue weighted by atomic mass is 16.5. The van der Waals surface area contributed by atoms with Crippen LogP contribution in [0.25, 0.3) is 11.4 Å². The van der Waals surface area contributed by atoms with Crippen LogP contribution < -0.4 is 21.5 Å². The zero-order valence-electron chi connectivity index (χ0n) is 18.6. The number of nitrogens with zero attached hydrogens (tertiary/aromatic N) is 5. The van der Waals surface area contributed by atoms with Crippen LogP contribution in [0.15, 0.2) is 53.7 Å². The minimum atomic E-state index is -0.601. The van der Waals surface area contributed by atoms with Crippen LogP contribution in [0.3, 0.4) is 0 Å². The summed E-state index contributed by atoms with van der Waals surface area (Å²) in [6.07, 6.45) is 2.99. The summed E-state index contributed by atoms with van der Waals surface area (Å²) >= 11 is 0. The minimum Gasteiger partial charge on any atom is -0.372 e. The van der Waals surface area contributed by atoms with Crippen molar-refractivity contribution in [2.24, 2.45) is 12.8 Å². The van der Waals surface area contributed by atoms with Gasteiger partial charge in [0.25, 0.3) is 5.56 Å². The standard InChI is InChI=1S/C23H27N7O3/c1-15(31)27-22(24)17-6-3-5-16(11-17)20-13-30(9-4-10-33-20)23-28-19(12-21(32)29(23)2)18-7-8-25-14-26-18/h3,5-8,11-12,14,20,22H,4,9-10,13,24H2,1-2H3,(H,27,31)/t20-,22?/m1/s1. The highest BCUT2D eigenvalue weighted by Crippen LogP contribution is 2.26. The molecule has 1 aromatic carbocycles. The van der Waals surface area contributed by atoms with E-state index in [4.69, 9.17) is 15.5 Å². The SMILES string of the molecule is CC(=O)NC(N)c1cccc([C@H]2CN(c3nc(-c4ccncn4)cc(=O)n3C)CCCO2)c1. The number of rotatable bonds is 5. The molecule has 3 heterocycles. The fourth-order valence-corrected chi connectivity index (χ4v) is 3.85. The first kappa shape index (κ1) is 22.6. The molecule has 0 aliphatic carbocycles. The first-order valence-electron chi connectivity index (χ1n) is 10.8. The molecule has 0 bridgehead atoms. The van der Waals surface area contributed by atoms with Crippen LogP contribution in [-0.2, 0) is 16.6 Å². The van der Waals surface area contributed by atoms with Gasteiger partial charge in [-0.3, -0.25) is 14.2 Å². The molecule has 172 valence electrons. The molecule has 0 spiro atoms. The molecule has 4 rings (SSSR count). The summed E-state index contributed by atoms with van der Waals surface area (Å²) in [4.78, 5) is 39.0. The Bertz CT molecular complexity index is 1180. The van der Waals surface area contributed by atoms with Gasteiger partial charge in [0.15, 0.2) is 0 Å². The number of nitrogens with one attached hydrogen (secondary N) is 1. The number of amides is 1. The van der Waals surface area contributed by atoms with Gasteiger partial charge in [-0.15, -0.1) is 0 Å². The van der Waals surface area contributed by atoms with Crippen molar-refractivity contribution < 1.29 is 9.53 Å². The largest absolute Gasteiger partial charge is 0.372 e. The maximum absolute atomic E-state index is 12.7. The van der Waals surface area contributed by atoms with Gasteiger partial charge in [-0.2, -0.15) is 0 Å². The van der Waals surface area contributed by atoms with Gasteiger partial charge in [-0.1, -0.05) is 18.2 Å². The van der Waals surface area contributed by atoms with Crippen LogP contribution in [0.2, 0.25) is 0 Å². The first-order valence-corrected chi connectivity index (χ1v) is 10.8. The molecule has 1 saturated heterocycles. The number of hydrogen-bond donors (Lipinski definition) is 2. The smallest absolute Gasteiger partial charge is 0.255 e. The lowest BCUT2D eigenvalue weighted by atomic mass is 10.0. The lowest BCUT2D eigenvalue weighted by Gasteiger charge is -2.27. The molecular weight excluding hydrogens is 422 g/mol. The monoisotopic (exact) mass is 449 g/mol. The lowest BCUT2D eigenvalue weighted by Crippen LogP contribution is -2.34. The maximum atomic E-state index is 12.7. The second-order valence-corrected chi connectivity index (χ2v) is 7.94. The van der Waals surface area contributed by atoms with Gasteiger partial charge >= 0.3 is 0 Å². The van der Waals surface area contributed by atoms with E-state index < -0.39 is 6.17 Å². The molecule has 2 aromatic heterocycles. The number of ether oxygens (including phenoxy) is 1. The number of carbonyl (C=O) groups is 1. The summed E-state index contributed by atoms with van der Waals surface area (Å²) in [5.41, 5.74) is 8.76. The Morgan fingerprint density at radius 2 is 2.12 bits per heavy atom. The Balaban J connectivity index is 1.64. The molecule has 1 unspecified atom stereocenters. The van der Waals surface area contributed by atoms with E-state index in [0.717, 1.165) is 17.5 Å². The Hall–Kier alpha value is -3.63. The normalized spacial score (nSPS) is 17.3. The number of carbonyl (C=O) groups excluding carboxylic acids is 1. The predicted octanol–water partition coefficient (Wildman–Crippen LogP) is 1.30. The van der Waals surface area contributed by atoms with E-state index in [-0.39, 0.29) is 17.6 Å². The number of benzene rings is 1. The molecule has 1 aliphatic heterocycles. The van der Waals surface area contributed by atoms with E-state index in [9.17, 15) is 9.59 Å². The summed E-state index contributed by atoms with van der Waals surface area (Å²) < 4.78 is 7.67. The Labute approximate surface area is 191 Å². The third kappa shape index (κ3) is 5.24. The van der Waals surface area contributed by atoms with E-state index in [2.05, 4.69) is 20.2 Å². The van der Waals surface area contributed by atoms with Crippen molar-refractivity contribution in [1.29, 1.82) is 0 Å². The molecule has 3 aromatic rings. The van der Waals surface area contributed by atoms with E-state index in [1.165, 1.54) is 23.9 Å². The van der Waals surface area contributed by atoms with Crippen molar-refractivity contribution in [2.45, 2.75) is 25.6 Å². The van der Waals surface area contributed by atoms with Crippen LogP contribution in [0.1, 0.15) is 36.7 Å². The minimum absolute atomic E-state index is 0.168. The van der Waals surface area contributed by atoms with Crippen LogP contribution in [0, 0.1) is 0 Å². The van der Waals surface area contributed by atoms with Gasteiger partial charge in [-0.05, 0) is 29.7 Å². The Kier molecular flexibility index (Phi) is 6.76. The number of hydrogen-bond acceptors (Lipinski definition) is 8. The molecule has 1 fully saturated rings. The lowest BCUT2D eigenvalue weighted by molar-refractivity contribution is -0.119. The summed E-state index contributed by atoms with van der Waals surface area (Å²) in [6, 6.07) is 10.9. The molecule has 10 nitrogen and oxygen atoms in total. The molecular formula is C23H27N7O3. The van der Waals surface area contributed by atoms with Crippen molar-refractivity contribution >= 4 is 11.9 Å². The van der Waals surface area contributed by atoms with Gasteiger partial charge in [0.1, 0.15) is 18.6 Å². The molecule has 2 atom stereocenters. The van der Waals surface area contributed by atoms with Gasteiger partial charge in [0.2, 0.25) is 11.9 Å². The maximum Gasteiger partial charge on any atom is 0.255 e. The highest BCUT2D eigenvalue weighted by Gasteiger charge is 2.24. The Morgan fingerprint density at radius 3 is 2.88 bits per heavy atom. The molecule has 3 N–H and O–H groups in total. The fourth-order valence-electron chi connectivity index (χ4n) is 3.85.